The van der Waals surface area contributed by atoms with Gasteiger partial charge in [0.25, 0.3) is 5.91 Å². The van der Waals surface area contributed by atoms with Crippen molar-refractivity contribution in [3.05, 3.63) is 34.2 Å². The number of thioether (sulfide) groups is 1. The number of H-pyrrole nitrogens is 1. The maximum Gasteiger partial charge on any atom is 0.255 e. The summed E-state index contributed by atoms with van der Waals surface area (Å²) in [6.07, 6.45) is 1.49. The lowest BCUT2D eigenvalue weighted by molar-refractivity contribution is 0.0715. The number of hydrogen-bond acceptors (Lipinski definition) is 3. The van der Waals surface area contributed by atoms with E-state index in [-0.39, 0.29) is 17.5 Å². The number of amides is 1. The number of aromatic nitrogens is 1. The fraction of sp³-hybridized carbons (Fsp3) is 0.455. The zero-order chi connectivity index (χ0) is 11.5. The molecule has 1 amide bonds. The molecular weight excluding hydrogens is 224 g/mol. The van der Waals surface area contributed by atoms with Gasteiger partial charge >= 0.3 is 0 Å². The van der Waals surface area contributed by atoms with Crippen LogP contribution in [0, 0.1) is 0 Å². The van der Waals surface area contributed by atoms with Crippen molar-refractivity contribution in [1.29, 1.82) is 0 Å². The van der Waals surface area contributed by atoms with Gasteiger partial charge in [-0.05, 0) is 13.0 Å². The molecule has 2 rings (SSSR count). The van der Waals surface area contributed by atoms with Gasteiger partial charge in [-0.2, -0.15) is 11.8 Å². The fourth-order valence-corrected chi connectivity index (χ4v) is 2.75. The van der Waals surface area contributed by atoms with Gasteiger partial charge in [-0.25, -0.2) is 0 Å². The highest BCUT2D eigenvalue weighted by atomic mass is 32.2. The van der Waals surface area contributed by atoms with Crippen LogP contribution in [-0.4, -0.2) is 39.9 Å². The molecule has 1 aromatic heterocycles. The Kier molecular flexibility index (Phi) is 3.33. The quantitative estimate of drug-likeness (QED) is 0.792. The predicted octanol–water partition coefficient (Wildman–Crippen LogP) is 0.952. The van der Waals surface area contributed by atoms with Crippen molar-refractivity contribution in [1.82, 2.24) is 9.88 Å². The first kappa shape index (κ1) is 11.3. The SMILES string of the molecule is CC1CSCCN1C(=O)c1ccc(=O)[nH]c1. The Morgan fingerprint density at radius 1 is 1.56 bits per heavy atom. The van der Waals surface area contributed by atoms with Gasteiger partial charge in [0, 0.05) is 36.4 Å². The van der Waals surface area contributed by atoms with Crippen molar-refractivity contribution in [2.24, 2.45) is 0 Å². The lowest BCUT2D eigenvalue weighted by Crippen LogP contribution is -2.44. The molecule has 5 heteroatoms. The van der Waals surface area contributed by atoms with E-state index in [1.54, 1.807) is 6.07 Å². The van der Waals surface area contributed by atoms with Gasteiger partial charge in [0.05, 0.1) is 5.56 Å². The molecule has 0 bridgehead atoms. The molecule has 1 unspecified atom stereocenters. The molecule has 0 spiro atoms. The smallest absolute Gasteiger partial charge is 0.255 e. The van der Waals surface area contributed by atoms with Crippen LogP contribution in [0.5, 0.6) is 0 Å². The summed E-state index contributed by atoms with van der Waals surface area (Å²) in [5.74, 6) is 1.97. The summed E-state index contributed by atoms with van der Waals surface area (Å²) in [4.78, 5) is 27.4. The number of pyridine rings is 1. The van der Waals surface area contributed by atoms with Crippen LogP contribution >= 0.6 is 11.8 Å². The standard InChI is InChI=1S/C11H14N2O2S/c1-8-7-16-5-4-13(8)11(15)9-2-3-10(14)12-6-9/h2-3,6,8H,4-5,7H2,1H3,(H,12,14). The van der Waals surface area contributed by atoms with Gasteiger partial charge in [-0.15, -0.1) is 0 Å². The molecule has 4 nitrogen and oxygen atoms in total. The molecule has 0 saturated carbocycles. The Bertz CT molecular complexity index is 423. The molecule has 1 aromatic rings. The van der Waals surface area contributed by atoms with Crippen LogP contribution < -0.4 is 5.56 Å². The molecule has 1 aliphatic rings. The third kappa shape index (κ3) is 2.29. The average molecular weight is 238 g/mol. The summed E-state index contributed by atoms with van der Waals surface area (Å²) in [6, 6.07) is 3.23. The molecule has 1 N–H and O–H groups in total. The van der Waals surface area contributed by atoms with Gasteiger partial charge in [-0.1, -0.05) is 0 Å². The van der Waals surface area contributed by atoms with Crippen molar-refractivity contribution in [3.63, 3.8) is 0 Å². The molecule has 1 atom stereocenters. The number of carbonyl (C=O) groups excluding carboxylic acids is 1. The summed E-state index contributed by atoms with van der Waals surface area (Å²) in [7, 11) is 0. The molecule has 1 aliphatic heterocycles. The molecule has 0 aromatic carbocycles. The predicted molar refractivity (Wildman–Crippen MR) is 64.9 cm³/mol. The molecule has 1 fully saturated rings. The second kappa shape index (κ2) is 4.74. The summed E-state index contributed by atoms with van der Waals surface area (Å²) in [5, 5.41) is 0. The van der Waals surface area contributed by atoms with Gasteiger partial charge in [-0.3, -0.25) is 9.59 Å². The van der Waals surface area contributed by atoms with E-state index in [0.29, 0.717) is 5.56 Å². The summed E-state index contributed by atoms with van der Waals surface area (Å²) in [6.45, 7) is 2.83. The van der Waals surface area contributed by atoms with Crippen LogP contribution in [0.25, 0.3) is 0 Å². The number of carbonyl (C=O) groups is 1. The lowest BCUT2D eigenvalue weighted by Gasteiger charge is -2.33. The summed E-state index contributed by atoms with van der Waals surface area (Å²) in [5.41, 5.74) is 0.372. The van der Waals surface area contributed by atoms with Gasteiger partial charge in [0.15, 0.2) is 0 Å². The monoisotopic (exact) mass is 238 g/mol. The van der Waals surface area contributed by atoms with Crippen LogP contribution in [0.4, 0.5) is 0 Å². The van der Waals surface area contributed by atoms with Crippen LogP contribution in [-0.2, 0) is 0 Å². The highest BCUT2D eigenvalue weighted by Gasteiger charge is 2.24. The van der Waals surface area contributed by atoms with Crippen LogP contribution in [0.3, 0.4) is 0 Å². The van der Waals surface area contributed by atoms with Gasteiger partial charge < -0.3 is 9.88 Å². The van der Waals surface area contributed by atoms with Crippen molar-refractivity contribution in [2.75, 3.05) is 18.1 Å². The minimum Gasteiger partial charge on any atom is -0.334 e. The second-order valence-electron chi connectivity index (χ2n) is 3.86. The summed E-state index contributed by atoms with van der Waals surface area (Å²) < 4.78 is 0. The molecule has 0 radical (unpaired) electrons. The number of hydrogen-bond donors (Lipinski definition) is 1. The van der Waals surface area contributed by atoms with Gasteiger partial charge in [0.1, 0.15) is 0 Å². The van der Waals surface area contributed by atoms with Crippen LogP contribution in [0.15, 0.2) is 23.1 Å². The summed E-state index contributed by atoms with van der Waals surface area (Å²) >= 11 is 1.87. The maximum atomic E-state index is 12.1. The van der Waals surface area contributed by atoms with E-state index in [4.69, 9.17) is 0 Å². The largest absolute Gasteiger partial charge is 0.334 e. The van der Waals surface area contributed by atoms with Crippen LogP contribution in [0.1, 0.15) is 17.3 Å². The Labute approximate surface area is 98.0 Å². The zero-order valence-electron chi connectivity index (χ0n) is 9.10. The first-order valence-corrected chi connectivity index (χ1v) is 6.41. The first-order valence-electron chi connectivity index (χ1n) is 5.26. The normalized spacial score (nSPS) is 20.8. The molecular formula is C11H14N2O2S. The number of rotatable bonds is 1. The Balaban J connectivity index is 2.17. The topological polar surface area (TPSA) is 53.2 Å². The van der Waals surface area contributed by atoms with Gasteiger partial charge in [0.2, 0.25) is 5.56 Å². The lowest BCUT2D eigenvalue weighted by atomic mass is 10.2. The number of nitrogens with zero attached hydrogens (tertiary/aromatic N) is 1. The first-order chi connectivity index (χ1) is 7.68. The minimum atomic E-state index is -0.182. The van der Waals surface area contributed by atoms with E-state index >= 15 is 0 Å². The molecule has 0 aliphatic carbocycles. The van der Waals surface area contributed by atoms with E-state index in [2.05, 4.69) is 11.9 Å². The van der Waals surface area contributed by atoms with Crippen molar-refractivity contribution < 1.29 is 4.79 Å². The highest BCUT2D eigenvalue weighted by molar-refractivity contribution is 7.99. The van der Waals surface area contributed by atoms with Crippen molar-refractivity contribution >= 4 is 17.7 Å². The van der Waals surface area contributed by atoms with E-state index in [0.717, 1.165) is 18.1 Å². The fourth-order valence-electron chi connectivity index (χ4n) is 1.74. The third-order valence-electron chi connectivity index (χ3n) is 2.66. The second-order valence-corrected chi connectivity index (χ2v) is 5.01. The Morgan fingerprint density at radius 3 is 3.00 bits per heavy atom. The highest BCUT2D eigenvalue weighted by Crippen LogP contribution is 2.17. The molecule has 2 heterocycles. The molecule has 1 saturated heterocycles. The maximum absolute atomic E-state index is 12.1. The van der Waals surface area contributed by atoms with Crippen LogP contribution in [0.2, 0.25) is 0 Å². The van der Waals surface area contributed by atoms with E-state index in [1.807, 2.05) is 16.7 Å². The minimum absolute atomic E-state index is 0.00375. The van der Waals surface area contributed by atoms with E-state index < -0.39 is 0 Å². The zero-order valence-corrected chi connectivity index (χ0v) is 9.92. The third-order valence-corrected chi connectivity index (χ3v) is 3.85. The van der Waals surface area contributed by atoms with Crippen molar-refractivity contribution in [2.45, 2.75) is 13.0 Å². The van der Waals surface area contributed by atoms with E-state index in [1.165, 1.54) is 12.3 Å². The Hall–Kier alpha value is -1.23. The average Bonchev–Trinajstić information content (AvgIpc) is 2.30. The van der Waals surface area contributed by atoms with E-state index in [9.17, 15) is 9.59 Å². The van der Waals surface area contributed by atoms with Crippen molar-refractivity contribution in [3.8, 4) is 0 Å². The molecule has 86 valence electrons. The number of nitrogens with one attached hydrogen (secondary N) is 1. The molecule has 16 heavy (non-hydrogen) atoms. The number of aromatic amines is 1. The Morgan fingerprint density at radius 2 is 2.38 bits per heavy atom.